The zero-order valence-corrected chi connectivity index (χ0v) is 17.7. The van der Waals surface area contributed by atoms with Gasteiger partial charge < -0.3 is 9.47 Å². The molecule has 0 atom stereocenters. The van der Waals surface area contributed by atoms with E-state index >= 15 is 0 Å². The van der Waals surface area contributed by atoms with Crippen molar-refractivity contribution in [1.82, 2.24) is 0 Å². The normalized spacial score (nSPS) is 10.8. The molecule has 0 aliphatic carbocycles. The third kappa shape index (κ3) is 5.41. The van der Waals surface area contributed by atoms with E-state index in [0.717, 1.165) is 22.3 Å². The van der Waals surface area contributed by atoms with Crippen LogP contribution in [0.4, 0.5) is 5.69 Å². The van der Waals surface area contributed by atoms with Crippen molar-refractivity contribution in [2.45, 2.75) is 13.0 Å². The van der Waals surface area contributed by atoms with Gasteiger partial charge in [-0.3, -0.25) is 10.1 Å². The van der Waals surface area contributed by atoms with Gasteiger partial charge in [-0.2, -0.15) is 5.26 Å². The minimum absolute atomic E-state index is 0.0292. The Morgan fingerprint density at radius 2 is 1.88 bits per heavy atom. The standard InChI is InChI=1S/C26H22N2O4/c1-3-7-22-14-20(15-23(17-27)21-8-5-4-6-9-21)16-25(31-2)26(22)32-18-19-10-12-24(13-11-19)28(29)30/h3-6,8-16H,1,7,18H2,2H3/b23-15+. The van der Waals surface area contributed by atoms with Crippen molar-refractivity contribution in [2.75, 3.05) is 7.11 Å². The number of allylic oxidation sites excluding steroid dienone is 2. The molecule has 0 saturated heterocycles. The summed E-state index contributed by atoms with van der Waals surface area (Å²) in [5, 5.41) is 20.5. The van der Waals surface area contributed by atoms with Crippen LogP contribution in [0.5, 0.6) is 11.5 Å². The van der Waals surface area contributed by atoms with Gasteiger partial charge in [-0.25, -0.2) is 0 Å². The van der Waals surface area contributed by atoms with Crippen LogP contribution in [0.15, 0.2) is 79.4 Å². The van der Waals surface area contributed by atoms with Gasteiger partial charge in [0, 0.05) is 17.7 Å². The molecule has 0 heterocycles. The van der Waals surface area contributed by atoms with E-state index in [-0.39, 0.29) is 12.3 Å². The van der Waals surface area contributed by atoms with E-state index in [1.54, 1.807) is 25.3 Å². The van der Waals surface area contributed by atoms with Gasteiger partial charge in [-0.05, 0) is 53.5 Å². The van der Waals surface area contributed by atoms with Crippen LogP contribution in [0.2, 0.25) is 0 Å². The van der Waals surface area contributed by atoms with Crippen LogP contribution in [0.25, 0.3) is 11.6 Å². The molecule has 0 fully saturated rings. The van der Waals surface area contributed by atoms with Crippen LogP contribution in [-0.4, -0.2) is 12.0 Å². The molecule has 0 saturated carbocycles. The second-order valence-electron chi connectivity index (χ2n) is 6.95. The van der Waals surface area contributed by atoms with E-state index in [0.29, 0.717) is 23.5 Å². The molecular weight excluding hydrogens is 404 g/mol. The highest BCUT2D eigenvalue weighted by atomic mass is 16.6. The molecule has 0 N–H and O–H groups in total. The van der Waals surface area contributed by atoms with Gasteiger partial charge in [0.2, 0.25) is 0 Å². The summed E-state index contributed by atoms with van der Waals surface area (Å²) < 4.78 is 11.6. The maximum Gasteiger partial charge on any atom is 0.269 e. The lowest BCUT2D eigenvalue weighted by molar-refractivity contribution is -0.384. The summed E-state index contributed by atoms with van der Waals surface area (Å²) in [6.45, 7) is 4.05. The molecule has 3 aromatic rings. The van der Waals surface area contributed by atoms with Crippen molar-refractivity contribution < 1.29 is 14.4 Å². The van der Waals surface area contributed by atoms with Crippen LogP contribution >= 0.6 is 0 Å². The number of nitro groups is 1. The first-order chi connectivity index (χ1) is 15.5. The SMILES string of the molecule is C=CCc1cc(/C=C(\C#N)c2ccccc2)cc(OC)c1OCc1ccc([N+](=O)[O-])cc1. The summed E-state index contributed by atoms with van der Waals surface area (Å²) in [4.78, 5) is 10.4. The van der Waals surface area contributed by atoms with Gasteiger partial charge in [-0.15, -0.1) is 6.58 Å². The number of hydrogen-bond donors (Lipinski definition) is 0. The van der Waals surface area contributed by atoms with E-state index in [2.05, 4.69) is 12.6 Å². The number of nitro benzene ring substituents is 1. The average molecular weight is 426 g/mol. The number of ether oxygens (including phenoxy) is 2. The second kappa shape index (κ2) is 10.6. The van der Waals surface area contributed by atoms with Gasteiger partial charge in [0.15, 0.2) is 11.5 Å². The minimum Gasteiger partial charge on any atom is -0.493 e. The summed E-state index contributed by atoms with van der Waals surface area (Å²) in [5.74, 6) is 1.10. The lowest BCUT2D eigenvalue weighted by atomic mass is 10.0. The number of nitrogens with zero attached hydrogens (tertiary/aromatic N) is 2. The molecule has 0 aromatic heterocycles. The van der Waals surface area contributed by atoms with Crippen molar-refractivity contribution in [3.8, 4) is 17.6 Å². The van der Waals surface area contributed by atoms with Crippen LogP contribution in [0, 0.1) is 21.4 Å². The number of hydrogen-bond acceptors (Lipinski definition) is 5. The molecule has 0 radical (unpaired) electrons. The maximum atomic E-state index is 10.8. The summed E-state index contributed by atoms with van der Waals surface area (Å²) >= 11 is 0. The molecule has 0 bridgehead atoms. The first-order valence-corrected chi connectivity index (χ1v) is 9.91. The van der Waals surface area contributed by atoms with Gasteiger partial charge in [0.05, 0.1) is 23.7 Å². The second-order valence-corrected chi connectivity index (χ2v) is 6.95. The zero-order chi connectivity index (χ0) is 22.9. The average Bonchev–Trinajstić information content (AvgIpc) is 2.82. The third-order valence-corrected chi connectivity index (χ3v) is 4.78. The molecule has 0 amide bonds. The highest BCUT2D eigenvalue weighted by molar-refractivity contribution is 5.90. The predicted octanol–water partition coefficient (Wildman–Crippen LogP) is 5.98. The largest absolute Gasteiger partial charge is 0.493 e. The van der Waals surface area contributed by atoms with Crippen molar-refractivity contribution in [1.29, 1.82) is 5.26 Å². The maximum absolute atomic E-state index is 10.8. The lowest BCUT2D eigenvalue weighted by Gasteiger charge is -2.16. The topological polar surface area (TPSA) is 85.4 Å². The Morgan fingerprint density at radius 3 is 2.47 bits per heavy atom. The summed E-state index contributed by atoms with van der Waals surface area (Å²) in [6.07, 6.45) is 4.12. The molecule has 32 heavy (non-hydrogen) atoms. The molecule has 0 aliphatic rings. The first-order valence-electron chi connectivity index (χ1n) is 9.91. The Hall–Kier alpha value is -4.37. The fourth-order valence-electron chi connectivity index (χ4n) is 3.22. The molecule has 0 aliphatic heterocycles. The molecule has 0 spiro atoms. The van der Waals surface area contributed by atoms with Crippen molar-refractivity contribution >= 4 is 17.3 Å². The molecule has 160 valence electrons. The third-order valence-electron chi connectivity index (χ3n) is 4.78. The Bertz CT molecular complexity index is 1180. The monoisotopic (exact) mass is 426 g/mol. The predicted molar refractivity (Wildman–Crippen MR) is 124 cm³/mol. The van der Waals surface area contributed by atoms with Crippen LogP contribution in [0.1, 0.15) is 22.3 Å². The Balaban J connectivity index is 1.93. The first kappa shape index (κ1) is 22.3. The van der Waals surface area contributed by atoms with Gasteiger partial charge >= 0.3 is 0 Å². The van der Waals surface area contributed by atoms with E-state index in [4.69, 9.17) is 9.47 Å². The van der Waals surface area contributed by atoms with Gasteiger partial charge in [0.1, 0.15) is 6.61 Å². The molecule has 3 rings (SSSR count). The summed E-state index contributed by atoms with van der Waals surface area (Å²) in [6, 6.07) is 21.7. The van der Waals surface area contributed by atoms with Gasteiger partial charge in [-0.1, -0.05) is 36.4 Å². The fraction of sp³-hybridized carbons (Fsp3) is 0.115. The highest BCUT2D eigenvalue weighted by Crippen LogP contribution is 2.35. The zero-order valence-electron chi connectivity index (χ0n) is 17.7. The Labute approximate surface area is 186 Å². The number of nitriles is 1. The van der Waals surface area contributed by atoms with E-state index in [1.165, 1.54) is 12.1 Å². The Kier molecular flexibility index (Phi) is 7.39. The van der Waals surface area contributed by atoms with Crippen LogP contribution in [0.3, 0.4) is 0 Å². The highest BCUT2D eigenvalue weighted by Gasteiger charge is 2.14. The summed E-state index contributed by atoms with van der Waals surface area (Å²) in [5.41, 5.74) is 3.86. The van der Waals surface area contributed by atoms with Crippen molar-refractivity contribution in [3.63, 3.8) is 0 Å². The number of benzene rings is 3. The molecule has 0 unspecified atom stereocenters. The number of rotatable bonds is 9. The van der Waals surface area contributed by atoms with Crippen molar-refractivity contribution in [2.24, 2.45) is 0 Å². The Morgan fingerprint density at radius 1 is 1.16 bits per heavy atom. The fourth-order valence-corrected chi connectivity index (χ4v) is 3.22. The van der Waals surface area contributed by atoms with E-state index in [9.17, 15) is 15.4 Å². The molecule has 3 aromatic carbocycles. The van der Waals surface area contributed by atoms with E-state index < -0.39 is 4.92 Å². The molecule has 6 heteroatoms. The van der Waals surface area contributed by atoms with Crippen LogP contribution < -0.4 is 9.47 Å². The smallest absolute Gasteiger partial charge is 0.269 e. The minimum atomic E-state index is -0.437. The molecular formula is C26H22N2O4. The molecule has 6 nitrogen and oxygen atoms in total. The van der Waals surface area contributed by atoms with Crippen molar-refractivity contribution in [3.05, 3.63) is 112 Å². The summed E-state index contributed by atoms with van der Waals surface area (Å²) in [7, 11) is 1.56. The number of non-ortho nitro benzene ring substituents is 1. The van der Waals surface area contributed by atoms with Gasteiger partial charge in [0.25, 0.3) is 5.69 Å². The lowest BCUT2D eigenvalue weighted by Crippen LogP contribution is -2.02. The van der Waals surface area contributed by atoms with E-state index in [1.807, 2.05) is 48.5 Å². The quantitative estimate of drug-likeness (QED) is 0.138. The number of methoxy groups -OCH3 is 1. The van der Waals surface area contributed by atoms with Crippen LogP contribution in [-0.2, 0) is 13.0 Å².